The molecule has 0 aliphatic carbocycles. The summed E-state index contributed by atoms with van der Waals surface area (Å²) in [5.74, 6) is 0.475. The van der Waals surface area contributed by atoms with Crippen molar-refractivity contribution in [2.24, 2.45) is 10.4 Å². The molecule has 1 fully saturated rings. The van der Waals surface area contributed by atoms with Gasteiger partial charge in [0.25, 0.3) is 0 Å². The zero-order valence-electron chi connectivity index (χ0n) is 13.7. The zero-order chi connectivity index (χ0) is 17.6. The Morgan fingerprint density at radius 1 is 1.48 bits per heavy atom. The summed E-state index contributed by atoms with van der Waals surface area (Å²) in [6.45, 7) is 2.03. The highest BCUT2D eigenvalue weighted by molar-refractivity contribution is 14.0. The Hall–Kier alpha value is -0.660. The Bertz CT molecular complexity index is 563. The molecule has 144 valence electrons. The highest BCUT2D eigenvalue weighted by Gasteiger charge is 2.35. The molecule has 3 N–H and O–H groups in total. The second-order valence-corrected chi connectivity index (χ2v) is 6.62. The van der Waals surface area contributed by atoms with Crippen molar-refractivity contribution in [3.63, 3.8) is 0 Å². The average molecular weight is 494 g/mol. The van der Waals surface area contributed by atoms with E-state index >= 15 is 0 Å². The second-order valence-electron chi connectivity index (χ2n) is 5.68. The van der Waals surface area contributed by atoms with Crippen LogP contribution in [-0.2, 0) is 17.5 Å². The van der Waals surface area contributed by atoms with Crippen molar-refractivity contribution >= 4 is 41.3 Å². The van der Waals surface area contributed by atoms with E-state index in [0.29, 0.717) is 37.1 Å². The van der Waals surface area contributed by atoms with Gasteiger partial charge in [-0.3, -0.25) is 4.99 Å². The van der Waals surface area contributed by atoms with Gasteiger partial charge in [-0.25, -0.2) is 4.98 Å². The summed E-state index contributed by atoms with van der Waals surface area (Å²) < 4.78 is 43.0. The lowest BCUT2D eigenvalue weighted by molar-refractivity contribution is -0.140. The van der Waals surface area contributed by atoms with Crippen LogP contribution in [0.25, 0.3) is 0 Å². The van der Waals surface area contributed by atoms with E-state index in [1.807, 2.05) is 0 Å². The molecule has 0 saturated carbocycles. The SMILES string of the molecule is CN=C(NCc1nc(C(F)(F)F)cs1)NCC1(CCO)CCOC1.I. The monoisotopic (exact) mass is 494 g/mol. The summed E-state index contributed by atoms with van der Waals surface area (Å²) in [6, 6.07) is 0. The fourth-order valence-corrected chi connectivity index (χ4v) is 3.23. The fourth-order valence-electron chi connectivity index (χ4n) is 2.49. The van der Waals surface area contributed by atoms with Crippen LogP contribution in [0.3, 0.4) is 0 Å². The molecule has 1 atom stereocenters. The van der Waals surface area contributed by atoms with Gasteiger partial charge in [-0.1, -0.05) is 0 Å². The molecule has 0 spiro atoms. The van der Waals surface area contributed by atoms with Crippen LogP contribution in [0.4, 0.5) is 13.2 Å². The first-order chi connectivity index (χ1) is 11.4. The van der Waals surface area contributed by atoms with E-state index in [1.54, 1.807) is 7.05 Å². The lowest BCUT2D eigenvalue weighted by atomic mass is 9.84. The van der Waals surface area contributed by atoms with Crippen molar-refractivity contribution in [3.05, 3.63) is 16.1 Å². The Kier molecular flexibility index (Phi) is 8.84. The topological polar surface area (TPSA) is 78.8 Å². The maximum Gasteiger partial charge on any atom is 0.434 e. The Labute approximate surface area is 165 Å². The van der Waals surface area contributed by atoms with E-state index < -0.39 is 11.9 Å². The number of rotatable bonds is 6. The first-order valence-corrected chi connectivity index (χ1v) is 8.41. The predicted octanol–water partition coefficient (Wildman–Crippen LogP) is 2.23. The van der Waals surface area contributed by atoms with Crippen LogP contribution in [0.1, 0.15) is 23.5 Å². The van der Waals surface area contributed by atoms with Gasteiger partial charge in [0.1, 0.15) is 5.01 Å². The van der Waals surface area contributed by atoms with E-state index in [1.165, 1.54) is 0 Å². The number of nitrogens with zero attached hydrogens (tertiary/aromatic N) is 2. The first kappa shape index (κ1) is 22.4. The third-order valence-corrected chi connectivity index (χ3v) is 4.78. The molecule has 2 rings (SSSR count). The van der Waals surface area contributed by atoms with Gasteiger partial charge in [0.15, 0.2) is 11.7 Å². The van der Waals surface area contributed by atoms with Gasteiger partial charge >= 0.3 is 6.18 Å². The largest absolute Gasteiger partial charge is 0.434 e. The van der Waals surface area contributed by atoms with Crippen molar-refractivity contribution in [2.75, 3.05) is 33.4 Å². The van der Waals surface area contributed by atoms with Crippen molar-refractivity contribution in [1.82, 2.24) is 15.6 Å². The normalized spacial score (nSPS) is 21.1. The molecule has 2 heterocycles. The van der Waals surface area contributed by atoms with Crippen LogP contribution >= 0.6 is 35.3 Å². The number of ether oxygens (including phenoxy) is 1. The fraction of sp³-hybridized carbons (Fsp3) is 0.714. The summed E-state index contributed by atoms with van der Waals surface area (Å²) in [7, 11) is 1.59. The molecule has 1 unspecified atom stereocenters. The number of aliphatic imine (C=N–C) groups is 1. The van der Waals surface area contributed by atoms with E-state index in [0.717, 1.165) is 23.1 Å². The number of hydrogen-bond acceptors (Lipinski definition) is 5. The third kappa shape index (κ3) is 6.53. The van der Waals surface area contributed by atoms with Crippen molar-refractivity contribution in [2.45, 2.75) is 25.6 Å². The molecule has 1 aromatic heterocycles. The van der Waals surface area contributed by atoms with Gasteiger partial charge in [-0.05, 0) is 12.8 Å². The summed E-state index contributed by atoms with van der Waals surface area (Å²) in [5, 5.41) is 16.6. The smallest absolute Gasteiger partial charge is 0.396 e. The van der Waals surface area contributed by atoms with Crippen LogP contribution in [0.15, 0.2) is 10.4 Å². The molecule has 1 saturated heterocycles. The highest BCUT2D eigenvalue weighted by atomic mass is 127. The number of aliphatic hydroxyl groups excluding tert-OH is 1. The van der Waals surface area contributed by atoms with Crippen molar-refractivity contribution in [3.8, 4) is 0 Å². The summed E-state index contributed by atoms with van der Waals surface area (Å²) in [5.41, 5.74) is -1.02. The molecule has 0 aromatic carbocycles. The van der Waals surface area contributed by atoms with E-state index in [-0.39, 0.29) is 42.5 Å². The second kappa shape index (κ2) is 9.88. The van der Waals surface area contributed by atoms with Crippen molar-refractivity contribution in [1.29, 1.82) is 0 Å². The van der Waals surface area contributed by atoms with Gasteiger partial charge in [0, 0.05) is 37.6 Å². The van der Waals surface area contributed by atoms with Gasteiger partial charge in [0.2, 0.25) is 0 Å². The maximum absolute atomic E-state index is 12.5. The molecule has 1 aliphatic rings. The van der Waals surface area contributed by atoms with Crippen LogP contribution in [0.5, 0.6) is 0 Å². The van der Waals surface area contributed by atoms with Crippen LogP contribution in [0.2, 0.25) is 0 Å². The lowest BCUT2D eigenvalue weighted by Gasteiger charge is -2.27. The highest BCUT2D eigenvalue weighted by Crippen LogP contribution is 2.31. The number of halogens is 4. The molecule has 6 nitrogen and oxygen atoms in total. The predicted molar refractivity (Wildman–Crippen MR) is 100 cm³/mol. The van der Waals surface area contributed by atoms with Crippen LogP contribution in [-0.4, -0.2) is 49.5 Å². The number of aliphatic hydroxyl groups is 1. The molecule has 1 aliphatic heterocycles. The van der Waals surface area contributed by atoms with E-state index in [2.05, 4.69) is 20.6 Å². The quantitative estimate of drug-likeness (QED) is 0.321. The summed E-state index contributed by atoms with van der Waals surface area (Å²) in [6.07, 6.45) is -2.95. The average Bonchev–Trinajstić information content (AvgIpc) is 3.17. The van der Waals surface area contributed by atoms with Gasteiger partial charge < -0.3 is 20.5 Å². The third-order valence-electron chi connectivity index (χ3n) is 3.93. The minimum absolute atomic E-state index is 0. The van der Waals surface area contributed by atoms with Crippen LogP contribution in [0, 0.1) is 5.41 Å². The minimum atomic E-state index is -4.42. The molecule has 0 amide bonds. The van der Waals surface area contributed by atoms with Gasteiger partial charge in [0.05, 0.1) is 13.2 Å². The number of hydrogen-bond donors (Lipinski definition) is 3. The number of nitrogens with one attached hydrogen (secondary N) is 2. The molecule has 0 radical (unpaired) electrons. The lowest BCUT2D eigenvalue weighted by Crippen LogP contribution is -2.44. The van der Waals surface area contributed by atoms with E-state index in [9.17, 15) is 18.3 Å². The Morgan fingerprint density at radius 2 is 2.24 bits per heavy atom. The molecular formula is C14H22F3IN4O2S. The number of guanidine groups is 1. The van der Waals surface area contributed by atoms with E-state index in [4.69, 9.17) is 4.74 Å². The minimum Gasteiger partial charge on any atom is -0.396 e. The van der Waals surface area contributed by atoms with Crippen LogP contribution < -0.4 is 10.6 Å². The standard InChI is InChI=1S/C14H21F3N4O2S.HI/c1-18-12(20-8-13(2-4-22)3-5-23-9-13)19-6-11-21-10(7-24-11)14(15,16)17;/h7,22H,2-6,8-9H2,1H3,(H2,18,19,20);1H. The van der Waals surface area contributed by atoms with Gasteiger partial charge in [-0.2, -0.15) is 13.2 Å². The number of aromatic nitrogens is 1. The number of thiazole rings is 1. The Morgan fingerprint density at radius 3 is 2.76 bits per heavy atom. The maximum atomic E-state index is 12.5. The molecule has 11 heteroatoms. The zero-order valence-corrected chi connectivity index (χ0v) is 16.9. The molecule has 0 bridgehead atoms. The molecular weight excluding hydrogens is 472 g/mol. The summed E-state index contributed by atoms with van der Waals surface area (Å²) in [4.78, 5) is 7.62. The first-order valence-electron chi connectivity index (χ1n) is 7.53. The van der Waals surface area contributed by atoms with Gasteiger partial charge in [-0.15, -0.1) is 35.3 Å². The van der Waals surface area contributed by atoms with Crippen molar-refractivity contribution < 1.29 is 23.0 Å². The molecule has 25 heavy (non-hydrogen) atoms. The Balaban J connectivity index is 0.00000312. The summed E-state index contributed by atoms with van der Waals surface area (Å²) >= 11 is 0.950. The molecule has 1 aromatic rings. The number of alkyl halides is 3.